The smallest absolute Gasteiger partial charge is 0.262 e. The van der Waals surface area contributed by atoms with Gasteiger partial charge in [-0.05, 0) is 38.5 Å². The van der Waals surface area contributed by atoms with E-state index in [1.54, 1.807) is 12.1 Å². The number of allylic oxidation sites excluding steroid dienone is 1. The lowest BCUT2D eigenvalue weighted by atomic mass is 10.1. The highest BCUT2D eigenvalue weighted by molar-refractivity contribution is 5.95. The van der Waals surface area contributed by atoms with Crippen molar-refractivity contribution in [3.05, 3.63) is 35.4 Å². The monoisotopic (exact) mass is 274 g/mol. The molecular formula is C15H18N2O3. The van der Waals surface area contributed by atoms with Crippen molar-refractivity contribution in [1.82, 2.24) is 5.32 Å². The molecule has 0 saturated carbocycles. The van der Waals surface area contributed by atoms with Gasteiger partial charge in [0.2, 0.25) is 5.91 Å². The Bertz CT molecular complexity index is 574. The van der Waals surface area contributed by atoms with Crippen LogP contribution in [0.2, 0.25) is 0 Å². The zero-order valence-electron chi connectivity index (χ0n) is 11.8. The van der Waals surface area contributed by atoms with Crippen LogP contribution in [0.1, 0.15) is 32.4 Å². The second-order valence-corrected chi connectivity index (χ2v) is 5.04. The maximum absolute atomic E-state index is 11.7. The number of rotatable bonds is 3. The number of hydrogen-bond donors (Lipinski definition) is 2. The number of anilines is 1. The molecule has 0 spiro atoms. The molecule has 1 aromatic carbocycles. The van der Waals surface area contributed by atoms with E-state index >= 15 is 0 Å². The SMILES string of the molecule is CC(C)=CC(=O)NC(C)c1ccc2c(c1)NC(=O)CO2. The van der Waals surface area contributed by atoms with Crippen molar-refractivity contribution in [3.8, 4) is 5.75 Å². The number of nitrogens with one attached hydrogen (secondary N) is 2. The first-order valence-electron chi connectivity index (χ1n) is 6.47. The van der Waals surface area contributed by atoms with Crippen LogP contribution in [0.15, 0.2) is 29.8 Å². The first kappa shape index (κ1) is 14.1. The van der Waals surface area contributed by atoms with Gasteiger partial charge in [0.05, 0.1) is 11.7 Å². The second kappa shape index (κ2) is 5.77. The number of benzene rings is 1. The minimum Gasteiger partial charge on any atom is -0.482 e. The van der Waals surface area contributed by atoms with Crippen molar-refractivity contribution in [2.45, 2.75) is 26.8 Å². The van der Waals surface area contributed by atoms with Crippen molar-refractivity contribution in [2.24, 2.45) is 0 Å². The van der Waals surface area contributed by atoms with Crippen molar-refractivity contribution in [1.29, 1.82) is 0 Å². The molecule has 0 radical (unpaired) electrons. The van der Waals surface area contributed by atoms with Gasteiger partial charge < -0.3 is 15.4 Å². The summed E-state index contributed by atoms with van der Waals surface area (Å²) in [6.07, 6.45) is 1.56. The van der Waals surface area contributed by atoms with Gasteiger partial charge in [-0.15, -0.1) is 0 Å². The maximum atomic E-state index is 11.7. The van der Waals surface area contributed by atoms with Crippen LogP contribution in [-0.4, -0.2) is 18.4 Å². The molecule has 0 aromatic heterocycles. The highest BCUT2D eigenvalue weighted by Gasteiger charge is 2.17. The number of fused-ring (bicyclic) bond motifs is 1. The summed E-state index contributed by atoms with van der Waals surface area (Å²) in [4.78, 5) is 23.0. The Morgan fingerprint density at radius 3 is 2.90 bits per heavy atom. The Morgan fingerprint density at radius 2 is 2.20 bits per heavy atom. The quantitative estimate of drug-likeness (QED) is 0.830. The van der Waals surface area contributed by atoms with Crippen LogP contribution in [0.25, 0.3) is 0 Å². The van der Waals surface area contributed by atoms with E-state index in [0.717, 1.165) is 11.1 Å². The fraction of sp³-hybridized carbons (Fsp3) is 0.333. The zero-order chi connectivity index (χ0) is 14.7. The van der Waals surface area contributed by atoms with E-state index in [1.807, 2.05) is 32.9 Å². The molecule has 5 heteroatoms. The Hall–Kier alpha value is -2.30. The van der Waals surface area contributed by atoms with Crippen molar-refractivity contribution in [3.63, 3.8) is 0 Å². The summed E-state index contributed by atoms with van der Waals surface area (Å²) in [6, 6.07) is 5.35. The third-order valence-electron chi connectivity index (χ3n) is 2.92. The molecule has 1 unspecified atom stereocenters. The molecule has 106 valence electrons. The Balaban J connectivity index is 2.13. The van der Waals surface area contributed by atoms with Crippen LogP contribution in [0.4, 0.5) is 5.69 Å². The first-order chi connectivity index (χ1) is 9.45. The minimum absolute atomic E-state index is 0.0409. The molecule has 0 fully saturated rings. The average Bonchev–Trinajstić information content (AvgIpc) is 2.36. The highest BCUT2D eigenvalue weighted by Crippen LogP contribution is 2.30. The lowest BCUT2D eigenvalue weighted by Gasteiger charge is -2.20. The normalized spacial score (nSPS) is 14.4. The molecule has 2 amide bonds. The molecule has 1 aliphatic rings. The van der Waals surface area contributed by atoms with Gasteiger partial charge >= 0.3 is 0 Å². The van der Waals surface area contributed by atoms with Crippen LogP contribution >= 0.6 is 0 Å². The van der Waals surface area contributed by atoms with Crippen LogP contribution in [-0.2, 0) is 9.59 Å². The number of carbonyl (C=O) groups is 2. The molecule has 2 N–H and O–H groups in total. The molecule has 0 bridgehead atoms. The largest absolute Gasteiger partial charge is 0.482 e. The molecule has 1 heterocycles. The van der Waals surface area contributed by atoms with Gasteiger partial charge in [0.15, 0.2) is 6.61 Å². The summed E-state index contributed by atoms with van der Waals surface area (Å²) in [6.45, 7) is 5.68. The van der Waals surface area contributed by atoms with Gasteiger partial charge in [-0.3, -0.25) is 9.59 Å². The van der Waals surface area contributed by atoms with Crippen LogP contribution in [0.3, 0.4) is 0 Å². The Kier molecular flexibility index (Phi) is 4.08. The van der Waals surface area contributed by atoms with E-state index < -0.39 is 0 Å². The second-order valence-electron chi connectivity index (χ2n) is 5.04. The Morgan fingerprint density at radius 1 is 1.45 bits per heavy atom. The number of carbonyl (C=O) groups excluding carboxylic acids is 2. The molecular weight excluding hydrogens is 256 g/mol. The van der Waals surface area contributed by atoms with Crippen molar-refractivity contribution in [2.75, 3.05) is 11.9 Å². The van der Waals surface area contributed by atoms with Gasteiger partial charge in [0.1, 0.15) is 5.75 Å². The topological polar surface area (TPSA) is 67.4 Å². The molecule has 1 aromatic rings. The molecule has 2 rings (SSSR count). The van der Waals surface area contributed by atoms with Gasteiger partial charge in [-0.25, -0.2) is 0 Å². The van der Waals surface area contributed by atoms with E-state index in [-0.39, 0.29) is 24.5 Å². The Labute approximate surface area is 118 Å². The third-order valence-corrected chi connectivity index (χ3v) is 2.92. The summed E-state index contributed by atoms with van der Waals surface area (Å²) in [7, 11) is 0. The predicted molar refractivity (Wildman–Crippen MR) is 76.6 cm³/mol. The maximum Gasteiger partial charge on any atom is 0.262 e. The van der Waals surface area contributed by atoms with E-state index in [9.17, 15) is 9.59 Å². The first-order valence-corrected chi connectivity index (χ1v) is 6.47. The predicted octanol–water partition coefficient (Wildman–Crippen LogP) is 2.16. The molecule has 0 saturated heterocycles. The van der Waals surface area contributed by atoms with Crippen LogP contribution in [0.5, 0.6) is 5.75 Å². The highest BCUT2D eigenvalue weighted by atomic mass is 16.5. The summed E-state index contributed by atoms with van der Waals surface area (Å²) in [5, 5.41) is 5.63. The van der Waals surface area contributed by atoms with Gasteiger partial charge in [-0.1, -0.05) is 11.6 Å². The fourth-order valence-electron chi connectivity index (χ4n) is 1.97. The summed E-state index contributed by atoms with van der Waals surface area (Å²) in [5.41, 5.74) is 2.49. The van der Waals surface area contributed by atoms with Crippen LogP contribution < -0.4 is 15.4 Å². The number of hydrogen-bond acceptors (Lipinski definition) is 3. The molecule has 5 nitrogen and oxygen atoms in total. The number of ether oxygens (including phenoxy) is 1. The van der Waals surface area contributed by atoms with E-state index in [1.165, 1.54) is 0 Å². The van der Waals surface area contributed by atoms with Crippen molar-refractivity contribution < 1.29 is 14.3 Å². The summed E-state index contributed by atoms with van der Waals surface area (Å²) >= 11 is 0. The van der Waals surface area contributed by atoms with E-state index in [4.69, 9.17) is 4.74 Å². The summed E-state index contributed by atoms with van der Waals surface area (Å²) < 4.78 is 5.30. The number of amides is 2. The lowest BCUT2D eigenvalue weighted by Crippen LogP contribution is -2.27. The zero-order valence-corrected chi connectivity index (χ0v) is 11.8. The fourth-order valence-corrected chi connectivity index (χ4v) is 1.97. The van der Waals surface area contributed by atoms with Crippen LogP contribution in [0, 0.1) is 0 Å². The standard InChI is InChI=1S/C15H18N2O3/c1-9(2)6-14(18)16-10(3)11-4-5-13-12(7-11)17-15(19)8-20-13/h4-7,10H,8H2,1-3H3,(H,16,18)(H,17,19). The van der Waals surface area contributed by atoms with Gasteiger partial charge in [0.25, 0.3) is 5.91 Å². The van der Waals surface area contributed by atoms with Gasteiger partial charge in [-0.2, -0.15) is 0 Å². The molecule has 1 atom stereocenters. The third kappa shape index (κ3) is 3.38. The van der Waals surface area contributed by atoms with Crippen molar-refractivity contribution >= 4 is 17.5 Å². The average molecular weight is 274 g/mol. The molecule has 1 aliphatic heterocycles. The minimum atomic E-state index is -0.170. The molecule has 20 heavy (non-hydrogen) atoms. The van der Waals surface area contributed by atoms with E-state index in [2.05, 4.69) is 10.6 Å². The van der Waals surface area contributed by atoms with Gasteiger partial charge in [0, 0.05) is 6.08 Å². The van der Waals surface area contributed by atoms with E-state index in [0.29, 0.717) is 11.4 Å². The summed E-state index contributed by atoms with van der Waals surface area (Å²) in [5.74, 6) is 0.350. The lowest BCUT2D eigenvalue weighted by molar-refractivity contribution is -0.119. The molecule has 0 aliphatic carbocycles.